The molecule has 4 rings (SSSR count). The molecule has 0 amide bonds. The van der Waals surface area contributed by atoms with Gasteiger partial charge in [0.15, 0.2) is 0 Å². The number of hydrogen-bond acceptors (Lipinski definition) is 2. The normalized spacial score (nSPS) is 59.5. The van der Waals surface area contributed by atoms with E-state index in [-0.39, 0.29) is 0 Å². The molecule has 12 heavy (non-hydrogen) atoms. The predicted molar refractivity (Wildman–Crippen MR) is 44.6 cm³/mol. The van der Waals surface area contributed by atoms with E-state index < -0.39 is 0 Å². The maximum atomic E-state index is 9.01. The third kappa shape index (κ3) is 0.549. The van der Waals surface area contributed by atoms with E-state index in [2.05, 4.69) is 0 Å². The lowest BCUT2D eigenvalue weighted by atomic mass is 9.97. The number of rotatable bonds is 3. The summed E-state index contributed by atoms with van der Waals surface area (Å²) in [5.41, 5.74) is 0.439. The highest BCUT2D eigenvalue weighted by Crippen LogP contribution is 2.80. The van der Waals surface area contributed by atoms with Crippen LogP contribution in [0.5, 0.6) is 0 Å². The SMILES string of the molecule is COC1C2C[C@@H]3[C@@H](C2)C13CCO. The van der Waals surface area contributed by atoms with Gasteiger partial charge in [0.2, 0.25) is 0 Å². The van der Waals surface area contributed by atoms with Crippen LogP contribution in [0.3, 0.4) is 0 Å². The molecule has 0 saturated heterocycles. The first-order chi connectivity index (χ1) is 5.84. The molecule has 68 valence electrons. The van der Waals surface area contributed by atoms with Crippen LogP contribution in [0.15, 0.2) is 0 Å². The van der Waals surface area contributed by atoms with Gasteiger partial charge in [-0.1, -0.05) is 0 Å². The third-order valence-corrected chi connectivity index (χ3v) is 4.63. The van der Waals surface area contributed by atoms with E-state index in [9.17, 15) is 0 Å². The van der Waals surface area contributed by atoms with E-state index in [1.165, 1.54) is 12.8 Å². The van der Waals surface area contributed by atoms with Gasteiger partial charge in [-0.2, -0.15) is 0 Å². The summed E-state index contributed by atoms with van der Waals surface area (Å²) in [5.74, 6) is 2.66. The zero-order chi connectivity index (χ0) is 8.34. The Morgan fingerprint density at radius 1 is 1.42 bits per heavy atom. The molecule has 0 aliphatic heterocycles. The quantitative estimate of drug-likeness (QED) is 0.682. The van der Waals surface area contributed by atoms with Gasteiger partial charge in [-0.25, -0.2) is 0 Å². The van der Waals surface area contributed by atoms with E-state index in [1.807, 2.05) is 7.11 Å². The summed E-state index contributed by atoms with van der Waals surface area (Å²) in [5, 5.41) is 9.01. The summed E-state index contributed by atoms with van der Waals surface area (Å²) in [6.45, 7) is 0.347. The highest BCUT2D eigenvalue weighted by Gasteiger charge is 2.79. The average Bonchev–Trinajstić information content (AvgIpc) is 2.50. The minimum absolute atomic E-state index is 0.347. The van der Waals surface area contributed by atoms with Crippen molar-refractivity contribution in [1.29, 1.82) is 0 Å². The highest BCUT2D eigenvalue weighted by molar-refractivity contribution is 5.27. The molecule has 0 aromatic heterocycles. The summed E-state index contributed by atoms with van der Waals surface area (Å²) in [4.78, 5) is 0. The van der Waals surface area contributed by atoms with Gasteiger partial charge in [-0.15, -0.1) is 0 Å². The Morgan fingerprint density at radius 2 is 2.08 bits per heavy atom. The molecule has 4 saturated carbocycles. The fraction of sp³-hybridized carbons (Fsp3) is 1.00. The zero-order valence-corrected chi connectivity index (χ0v) is 7.49. The van der Waals surface area contributed by atoms with Crippen LogP contribution in [0.2, 0.25) is 0 Å². The largest absolute Gasteiger partial charge is 0.396 e. The van der Waals surface area contributed by atoms with Gasteiger partial charge in [-0.05, 0) is 37.0 Å². The topological polar surface area (TPSA) is 29.5 Å². The lowest BCUT2D eigenvalue weighted by Crippen LogP contribution is -2.24. The van der Waals surface area contributed by atoms with Crippen LogP contribution in [0.4, 0.5) is 0 Å². The Bertz CT molecular complexity index is 202. The van der Waals surface area contributed by atoms with Crippen LogP contribution in [0.1, 0.15) is 19.3 Å². The molecule has 0 aromatic carbocycles. The first-order valence-electron chi connectivity index (χ1n) is 4.98. The molecule has 0 radical (unpaired) electrons. The Hall–Kier alpha value is -0.0800. The second-order valence-electron chi connectivity index (χ2n) is 4.69. The summed E-state index contributed by atoms with van der Waals surface area (Å²) in [6, 6.07) is 0. The molecule has 4 aliphatic carbocycles. The molecule has 4 fully saturated rings. The fourth-order valence-electron chi connectivity index (χ4n) is 4.37. The predicted octanol–water partition coefficient (Wildman–Crippen LogP) is 1.04. The third-order valence-electron chi connectivity index (χ3n) is 4.63. The Kier molecular flexibility index (Phi) is 1.25. The molecule has 1 N–H and O–H groups in total. The summed E-state index contributed by atoms with van der Waals surface area (Å²) in [6.07, 6.45) is 4.23. The van der Waals surface area contributed by atoms with Crippen LogP contribution in [0, 0.1) is 23.2 Å². The van der Waals surface area contributed by atoms with Crippen LogP contribution < -0.4 is 0 Å². The first kappa shape index (κ1) is 7.34. The maximum Gasteiger partial charge on any atom is 0.0662 e. The minimum Gasteiger partial charge on any atom is -0.396 e. The first-order valence-corrected chi connectivity index (χ1v) is 4.98. The molecule has 2 heteroatoms. The van der Waals surface area contributed by atoms with Crippen LogP contribution >= 0.6 is 0 Å². The summed E-state index contributed by atoms with van der Waals surface area (Å²) >= 11 is 0. The van der Waals surface area contributed by atoms with Gasteiger partial charge in [0, 0.05) is 19.1 Å². The van der Waals surface area contributed by atoms with Crippen molar-refractivity contribution < 1.29 is 9.84 Å². The molecule has 0 heterocycles. The van der Waals surface area contributed by atoms with Crippen molar-refractivity contribution in [1.82, 2.24) is 0 Å². The maximum absolute atomic E-state index is 9.01. The Balaban J connectivity index is 1.88. The van der Waals surface area contributed by atoms with E-state index in [0.717, 1.165) is 24.2 Å². The number of methoxy groups -OCH3 is 1. The Morgan fingerprint density at radius 3 is 2.58 bits per heavy atom. The van der Waals surface area contributed by atoms with Crippen molar-refractivity contribution in [2.24, 2.45) is 23.2 Å². The fourth-order valence-corrected chi connectivity index (χ4v) is 4.37. The van der Waals surface area contributed by atoms with E-state index in [0.29, 0.717) is 18.1 Å². The van der Waals surface area contributed by atoms with Crippen LogP contribution in [-0.2, 0) is 4.74 Å². The minimum atomic E-state index is 0.347. The smallest absolute Gasteiger partial charge is 0.0662 e. The monoisotopic (exact) mass is 168 g/mol. The molecule has 3 atom stereocenters. The van der Waals surface area contributed by atoms with Gasteiger partial charge in [0.1, 0.15) is 0 Å². The van der Waals surface area contributed by atoms with Gasteiger partial charge in [0.25, 0.3) is 0 Å². The van der Waals surface area contributed by atoms with Crippen molar-refractivity contribution in [3.8, 4) is 0 Å². The zero-order valence-electron chi connectivity index (χ0n) is 7.49. The molecule has 0 spiro atoms. The van der Waals surface area contributed by atoms with Gasteiger partial charge >= 0.3 is 0 Å². The molecular formula is C10H16O2. The number of hydrogen-bond donors (Lipinski definition) is 1. The lowest BCUT2D eigenvalue weighted by Gasteiger charge is -2.20. The van der Waals surface area contributed by atoms with E-state index in [1.54, 1.807) is 0 Å². The molecule has 0 aromatic rings. The van der Waals surface area contributed by atoms with Crippen LogP contribution in [0.25, 0.3) is 0 Å². The van der Waals surface area contributed by atoms with E-state index >= 15 is 0 Å². The average molecular weight is 168 g/mol. The summed E-state index contributed by atoms with van der Waals surface area (Å²) < 4.78 is 5.56. The second-order valence-corrected chi connectivity index (χ2v) is 4.69. The number of aliphatic hydroxyl groups excluding tert-OH is 1. The molecule has 2 nitrogen and oxygen atoms in total. The number of aliphatic hydroxyl groups is 1. The lowest BCUT2D eigenvalue weighted by molar-refractivity contribution is 0.0266. The van der Waals surface area contributed by atoms with E-state index in [4.69, 9.17) is 9.84 Å². The number of ether oxygens (including phenoxy) is 1. The van der Waals surface area contributed by atoms with Crippen molar-refractivity contribution in [2.45, 2.75) is 25.4 Å². The van der Waals surface area contributed by atoms with Gasteiger partial charge in [0.05, 0.1) is 6.10 Å². The highest BCUT2D eigenvalue weighted by atomic mass is 16.5. The van der Waals surface area contributed by atoms with Crippen LogP contribution in [-0.4, -0.2) is 24.9 Å². The van der Waals surface area contributed by atoms with Crippen molar-refractivity contribution in [2.75, 3.05) is 13.7 Å². The molecule has 4 bridgehead atoms. The van der Waals surface area contributed by atoms with Gasteiger partial charge < -0.3 is 9.84 Å². The van der Waals surface area contributed by atoms with Gasteiger partial charge in [-0.3, -0.25) is 0 Å². The molecule has 1 unspecified atom stereocenters. The molecular weight excluding hydrogens is 152 g/mol. The standard InChI is InChI=1S/C10H16O2/c1-12-9-6-4-7-8(5-6)10(7,9)2-3-11/h6-9,11H,2-5H2,1H3/t6?,7-,8-,9?,10?/m1/s1. The van der Waals surface area contributed by atoms with Crippen molar-refractivity contribution >= 4 is 0 Å². The molecule has 4 aliphatic rings. The van der Waals surface area contributed by atoms with Crippen molar-refractivity contribution in [3.05, 3.63) is 0 Å². The summed E-state index contributed by atoms with van der Waals surface area (Å²) in [7, 11) is 1.83. The Labute approximate surface area is 72.9 Å². The second kappa shape index (κ2) is 2.05. The van der Waals surface area contributed by atoms with Crippen molar-refractivity contribution in [3.63, 3.8) is 0 Å².